The van der Waals surface area contributed by atoms with Gasteiger partial charge in [-0.15, -0.1) is 0 Å². The van der Waals surface area contributed by atoms with E-state index >= 15 is 0 Å². The molecule has 2 amide bonds. The molecule has 0 aromatic heterocycles. The highest BCUT2D eigenvalue weighted by atomic mass is 16.4. The quantitative estimate of drug-likeness (QED) is 0.715. The number of amides is 2. The first-order valence-electron chi connectivity index (χ1n) is 7.69. The van der Waals surface area contributed by atoms with Crippen molar-refractivity contribution in [1.29, 1.82) is 0 Å². The van der Waals surface area contributed by atoms with Crippen LogP contribution in [0.5, 0.6) is 0 Å². The monoisotopic (exact) mass is 298 g/mol. The molecule has 0 radical (unpaired) electrons. The largest absolute Gasteiger partial charge is 0.480 e. The van der Waals surface area contributed by atoms with Gasteiger partial charge in [-0.25, -0.2) is 4.79 Å². The topological polar surface area (TPSA) is 76.1 Å². The molecule has 1 saturated carbocycles. The van der Waals surface area contributed by atoms with Gasteiger partial charge in [0.15, 0.2) is 0 Å². The Morgan fingerprint density at radius 1 is 1.29 bits per heavy atom. The normalized spacial score (nSPS) is 21.4. The second-order valence-corrected chi connectivity index (χ2v) is 5.98. The van der Waals surface area contributed by atoms with E-state index in [1.807, 2.05) is 4.90 Å². The molecule has 2 N–H and O–H groups in total. The number of hydrogen-bond acceptors (Lipinski definition) is 4. The predicted octanol–water partition coefficient (Wildman–Crippen LogP) is -0.119. The van der Waals surface area contributed by atoms with Crippen molar-refractivity contribution in [2.24, 2.45) is 0 Å². The third-order valence-corrected chi connectivity index (χ3v) is 4.42. The molecule has 1 heterocycles. The molecule has 1 aliphatic heterocycles. The van der Waals surface area contributed by atoms with Gasteiger partial charge in [0, 0.05) is 45.3 Å². The van der Waals surface area contributed by atoms with Crippen LogP contribution in [0.1, 0.15) is 19.8 Å². The number of aliphatic carboxylic acids is 1. The number of piperazine rings is 1. The Morgan fingerprint density at radius 3 is 2.43 bits per heavy atom. The smallest absolute Gasteiger partial charge is 0.320 e. The second kappa shape index (κ2) is 7.09. The summed E-state index contributed by atoms with van der Waals surface area (Å²) in [5.74, 6) is -0.809. The van der Waals surface area contributed by atoms with Gasteiger partial charge in [-0.1, -0.05) is 0 Å². The molecule has 0 aromatic carbocycles. The first kappa shape index (κ1) is 16.0. The zero-order valence-corrected chi connectivity index (χ0v) is 12.9. The Hall–Kier alpha value is -1.34. The van der Waals surface area contributed by atoms with E-state index in [1.54, 1.807) is 11.8 Å². The van der Waals surface area contributed by atoms with Crippen LogP contribution in [0.2, 0.25) is 0 Å². The van der Waals surface area contributed by atoms with Crippen molar-refractivity contribution in [3.8, 4) is 0 Å². The van der Waals surface area contributed by atoms with Crippen LogP contribution in [0.15, 0.2) is 0 Å². The van der Waals surface area contributed by atoms with Crippen LogP contribution in [-0.4, -0.2) is 90.2 Å². The summed E-state index contributed by atoms with van der Waals surface area (Å²) in [6, 6.07) is 0.187. The number of nitrogens with zero attached hydrogens (tertiary/aromatic N) is 3. The Kier molecular flexibility index (Phi) is 5.41. The van der Waals surface area contributed by atoms with Crippen LogP contribution in [-0.2, 0) is 4.79 Å². The summed E-state index contributed by atoms with van der Waals surface area (Å²) in [5, 5.41) is 11.9. The van der Waals surface area contributed by atoms with Crippen molar-refractivity contribution in [3.63, 3.8) is 0 Å². The maximum Gasteiger partial charge on any atom is 0.320 e. The number of carboxylic acids is 1. The Balaban J connectivity index is 1.64. The lowest BCUT2D eigenvalue weighted by atomic mass is 10.2. The zero-order chi connectivity index (χ0) is 15.4. The molecule has 7 heteroatoms. The number of urea groups is 1. The maximum atomic E-state index is 12.0. The van der Waals surface area contributed by atoms with E-state index in [1.165, 1.54) is 12.8 Å². The van der Waals surface area contributed by atoms with E-state index in [4.69, 9.17) is 5.11 Å². The third-order valence-electron chi connectivity index (χ3n) is 4.42. The minimum Gasteiger partial charge on any atom is -0.480 e. The summed E-state index contributed by atoms with van der Waals surface area (Å²) in [6.07, 6.45) is 2.54. The minimum atomic E-state index is -0.809. The van der Waals surface area contributed by atoms with Gasteiger partial charge in [-0.2, -0.15) is 0 Å². The molecule has 0 aromatic rings. The van der Waals surface area contributed by atoms with Crippen LogP contribution >= 0.6 is 0 Å². The van der Waals surface area contributed by atoms with Crippen molar-refractivity contribution in [2.75, 3.05) is 46.3 Å². The molecule has 120 valence electrons. The van der Waals surface area contributed by atoms with Crippen molar-refractivity contribution in [3.05, 3.63) is 0 Å². The number of carbonyl (C=O) groups excluding carboxylic acids is 1. The number of carbonyl (C=O) groups is 2. The molecule has 21 heavy (non-hydrogen) atoms. The first-order valence-corrected chi connectivity index (χ1v) is 7.69. The van der Waals surface area contributed by atoms with Gasteiger partial charge in [-0.05, 0) is 26.8 Å². The van der Waals surface area contributed by atoms with Crippen LogP contribution in [0.3, 0.4) is 0 Å². The molecule has 1 aliphatic carbocycles. The minimum absolute atomic E-state index is 0.0400. The van der Waals surface area contributed by atoms with Gasteiger partial charge in [-0.3, -0.25) is 9.69 Å². The zero-order valence-electron chi connectivity index (χ0n) is 12.9. The molecule has 2 rings (SSSR count). The van der Waals surface area contributed by atoms with Crippen molar-refractivity contribution in [2.45, 2.75) is 31.8 Å². The van der Waals surface area contributed by atoms with E-state index in [0.29, 0.717) is 38.8 Å². The van der Waals surface area contributed by atoms with Crippen LogP contribution in [0.25, 0.3) is 0 Å². The summed E-state index contributed by atoms with van der Waals surface area (Å²) in [5.41, 5.74) is 0. The average Bonchev–Trinajstić information content (AvgIpc) is 3.31. The molecule has 2 aliphatic rings. The van der Waals surface area contributed by atoms with E-state index in [9.17, 15) is 9.59 Å². The SMILES string of the molecule is CC(C(=O)O)N1CCN(C(=O)NCCN(C)C2CC2)CC1. The fourth-order valence-electron chi connectivity index (χ4n) is 2.62. The number of likely N-dealkylation sites (N-methyl/N-ethyl adjacent to an activating group) is 1. The Labute approximate surface area is 125 Å². The standard InChI is InChI=1S/C14H26N4O3/c1-11(13(19)20)17-7-9-18(10-8-17)14(21)15-5-6-16(2)12-3-4-12/h11-12H,3-10H2,1-2H3,(H,15,21)(H,19,20). The first-order chi connectivity index (χ1) is 9.99. The van der Waals surface area contributed by atoms with Crippen LogP contribution in [0, 0.1) is 0 Å². The lowest BCUT2D eigenvalue weighted by Crippen LogP contribution is -2.55. The van der Waals surface area contributed by atoms with Gasteiger partial charge >= 0.3 is 12.0 Å². The summed E-state index contributed by atoms with van der Waals surface area (Å²) in [4.78, 5) is 28.9. The fourth-order valence-corrected chi connectivity index (χ4v) is 2.62. The molecular weight excluding hydrogens is 272 g/mol. The summed E-state index contributed by atoms with van der Waals surface area (Å²) in [6.45, 7) is 5.63. The van der Waals surface area contributed by atoms with Crippen molar-refractivity contribution < 1.29 is 14.7 Å². The second-order valence-electron chi connectivity index (χ2n) is 5.98. The highest BCUT2D eigenvalue weighted by molar-refractivity contribution is 5.74. The molecule has 0 spiro atoms. The molecule has 1 atom stereocenters. The Morgan fingerprint density at radius 2 is 1.90 bits per heavy atom. The van der Waals surface area contributed by atoms with E-state index in [-0.39, 0.29) is 6.03 Å². The average molecular weight is 298 g/mol. The highest BCUT2D eigenvalue weighted by Crippen LogP contribution is 2.24. The third kappa shape index (κ3) is 4.57. The number of carboxylic acid groups (broad SMARTS) is 1. The molecule has 1 saturated heterocycles. The molecule has 7 nitrogen and oxygen atoms in total. The molecule has 2 fully saturated rings. The van der Waals surface area contributed by atoms with Crippen LogP contribution < -0.4 is 5.32 Å². The lowest BCUT2D eigenvalue weighted by molar-refractivity contribution is -0.143. The number of rotatable bonds is 6. The van der Waals surface area contributed by atoms with Gasteiger partial charge in [0.1, 0.15) is 6.04 Å². The number of nitrogens with one attached hydrogen (secondary N) is 1. The molecular formula is C14H26N4O3. The number of hydrogen-bond donors (Lipinski definition) is 2. The van der Waals surface area contributed by atoms with Gasteiger partial charge in [0.05, 0.1) is 0 Å². The van der Waals surface area contributed by atoms with Crippen molar-refractivity contribution in [1.82, 2.24) is 20.0 Å². The van der Waals surface area contributed by atoms with Crippen LogP contribution in [0.4, 0.5) is 4.79 Å². The van der Waals surface area contributed by atoms with E-state index < -0.39 is 12.0 Å². The maximum absolute atomic E-state index is 12.0. The summed E-state index contributed by atoms with van der Waals surface area (Å²) in [7, 11) is 2.09. The fraction of sp³-hybridized carbons (Fsp3) is 0.857. The van der Waals surface area contributed by atoms with E-state index in [0.717, 1.165) is 6.54 Å². The predicted molar refractivity (Wildman–Crippen MR) is 79.3 cm³/mol. The summed E-state index contributed by atoms with van der Waals surface area (Å²) < 4.78 is 0. The lowest BCUT2D eigenvalue weighted by Gasteiger charge is -2.36. The highest BCUT2D eigenvalue weighted by Gasteiger charge is 2.28. The Bertz CT molecular complexity index is 378. The molecule has 1 unspecified atom stereocenters. The van der Waals surface area contributed by atoms with Gasteiger partial charge in [0.25, 0.3) is 0 Å². The van der Waals surface area contributed by atoms with Gasteiger partial charge < -0.3 is 20.2 Å². The van der Waals surface area contributed by atoms with Crippen molar-refractivity contribution >= 4 is 12.0 Å². The van der Waals surface area contributed by atoms with E-state index in [2.05, 4.69) is 17.3 Å². The molecule has 0 bridgehead atoms. The summed E-state index contributed by atoms with van der Waals surface area (Å²) >= 11 is 0. The van der Waals surface area contributed by atoms with Gasteiger partial charge in [0.2, 0.25) is 0 Å².